The third kappa shape index (κ3) is 7.75. The van der Waals surface area contributed by atoms with Crippen molar-refractivity contribution >= 4 is 18.9 Å². The van der Waals surface area contributed by atoms with Crippen LogP contribution in [0.25, 0.3) is 0 Å². The molecule has 3 nitrogen and oxygen atoms in total. The van der Waals surface area contributed by atoms with Crippen molar-refractivity contribution in [1.82, 2.24) is 5.01 Å². The third-order valence-electron chi connectivity index (χ3n) is 1.11. The van der Waals surface area contributed by atoms with Crippen molar-refractivity contribution in [3.63, 3.8) is 0 Å². The van der Waals surface area contributed by atoms with Gasteiger partial charge in [-0.1, -0.05) is 11.6 Å². The summed E-state index contributed by atoms with van der Waals surface area (Å²) in [6, 6.07) is 0. The Balaban J connectivity index is 0.000000292. The van der Waals surface area contributed by atoms with Gasteiger partial charge in [0.05, 0.1) is 12.7 Å². The number of halogens is 5. The van der Waals surface area contributed by atoms with Crippen LogP contribution in [0.15, 0.2) is 23.1 Å². The van der Waals surface area contributed by atoms with Gasteiger partial charge in [-0.3, -0.25) is 0 Å². The van der Waals surface area contributed by atoms with Crippen LogP contribution in [0.4, 0.5) is 17.3 Å². The molecule has 1 rings (SSSR count). The molecule has 0 saturated heterocycles. The lowest BCUT2D eigenvalue weighted by atomic mass is 10.3. The summed E-state index contributed by atoms with van der Waals surface area (Å²) < 4.78 is 39.0. The Morgan fingerprint density at radius 2 is 1.86 bits per heavy atom. The molecule has 82 valence electrons. The second kappa shape index (κ2) is 5.11. The first kappa shape index (κ1) is 13.1. The summed E-state index contributed by atoms with van der Waals surface area (Å²) in [5.74, 6) is 0. The summed E-state index contributed by atoms with van der Waals surface area (Å²) in [6.45, 7) is 0. The van der Waals surface area contributed by atoms with Gasteiger partial charge in [-0.25, -0.2) is 10.4 Å². The first-order chi connectivity index (χ1) is 6.20. The fourth-order valence-electron chi connectivity index (χ4n) is 0.557. The minimum atomic E-state index is -6.00. The summed E-state index contributed by atoms with van der Waals surface area (Å²) in [5.41, 5.74) is 7.94. The summed E-state index contributed by atoms with van der Waals surface area (Å²) >= 11 is 5.70. The molecule has 1 aliphatic heterocycles. The number of hydrogen-bond acceptors (Lipinski definition) is 2. The number of nitrogens with two attached hydrogens (primary N) is 2. The maximum atomic E-state index is 9.75. The molecule has 0 aromatic heterocycles. The second-order valence-electron chi connectivity index (χ2n) is 2.39. The van der Waals surface area contributed by atoms with E-state index in [1.165, 1.54) is 0 Å². The Hall–Kier alpha value is -0.885. The van der Waals surface area contributed by atoms with Crippen LogP contribution in [-0.4, -0.2) is 19.3 Å². The van der Waals surface area contributed by atoms with Crippen LogP contribution in [0, 0.1) is 0 Å². The van der Waals surface area contributed by atoms with Crippen LogP contribution < -0.4 is 11.2 Å². The summed E-state index contributed by atoms with van der Waals surface area (Å²) in [4.78, 5) is 0. The molecule has 1 aliphatic rings. The molecule has 0 unspecified atom stereocenters. The fraction of sp³-hybridized carbons (Fsp3) is 0.200. The summed E-state index contributed by atoms with van der Waals surface area (Å²) in [7, 11) is -4.14. The first-order valence-corrected chi connectivity index (χ1v) is 3.86. The minimum Gasteiger partial charge on any atom is -0.418 e. The lowest BCUT2D eigenvalue weighted by Crippen LogP contribution is -2.88. The molecule has 0 saturated carbocycles. The van der Waals surface area contributed by atoms with Crippen LogP contribution in [0.2, 0.25) is 0 Å². The minimum absolute atomic E-state index is 0.648. The Labute approximate surface area is 83.3 Å². The number of rotatable bonds is 0. The molecule has 14 heavy (non-hydrogen) atoms. The second-order valence-corrected chi connectivity index (χ2v) is 2.78. The van der Waals surface area contributed by atoms with E-state index in [4.69, 9.17) is 17.3 Å². The molecule has 0 aromatic rings. The molecule has 0 aromatic carbocycles. The highest BCUT2D eigenvalue weighted by Gasteiger charge is 2.20. The van der Waals surface area contributed by atoms with Gasteiger partial charge in [-0.15, -0.1) is 0 Å². The van der Waals surface area contributed by atoms with E-state index in [1.807, 2.05) is 12.5 Å². The van der Waals surface area contributed by atoms with E-state index in [9.17, 15) is 17.3 Å². The highest BCUT2D eigenvalue weighted by molar-refractivity contribution is 6.50. The molecule has 0 fully saturated rings. The van der Waals surface area contributed by atoms with E-state index < -0.39 is 7.25 Å². The maximum absolute atomic E-state index is 9.75. The molecular formula is C5H9BClF4N3. The lowest BCUT2D eigenvalue weighted by molar-refractivity contribution is -0.736. The average Bonchev–Trinajstić information content (AvgIpc) is 1.94. The molecule has 0 amide bonds. The van der Waals surface area contributed by atoms with E-state index in [0.717, 1.165) is 0 Å². The first-order valence-electron chi connectivity index (χ1n) is 3.48. The molecule has 0 aliphatic carbocycles. The zero-order chi connectivity index (χ0) is 11.4. The van der Waals surface area contributed by atoms with E-state index in [0.29, 0.717) is 10.9 Å². The predicted octanol–water partition coefficient (Wildman–Crippen LogP) is 0.590. The Bertz CT molecular complexity index is 246. The zero-order valence-electron chi connectivity index (χ0n) is 7.22. The van der Waals surface area contributed by atoms with Crippen LogP contribution in [0.3, 0.4) is 0 Å². The number of hydrogen-bond donors (Lipinski definition) is 2. The standard InChI is InChI=1S/C5H8ClN3.BF4/c1-9-5(6)2-4(7)3-8-9;2-1(3,4)5/h2-3,8H,7H2,1H3;/q;-1/p+1. The van der Waals surface area contributed by atoms with Crippen LogP contribution in [0.5, 0.6) is 0 Å². The van der Waals surface area contributed by atoms with Gasteiger partial charge in [0, 0.05) is 6.08 Å². The highest BCUT2D eigenvalue weighted by Crippen LogP contribution is 2.06. The van der Waals surface area contributed by atoms with Gasteiger partial charge in [0.2, 0.25) is 0 Å². The molecule has 0 bridgehead atoms. The van der Waals surface area contributed by atoms with Crippen LogP contribution in [0.1, 0.15) is 0 Å². The van der Waals surface area contributed by atoms with Gasteiger partial charge < -0.3 is 23.0 Å². The van der Waals surface area contributed by atoms with E-state index in [1.54, 1.807) is 17.3 Å². The maximum Gasteiger partial charge on any atom is 0.673 e. The van der Waals surface area contributed by atoms with Crippen LogP contribution in [-0.2, 0) is 0 Å². The number of nitrogens with zero attached hydrogens (tertiary/aromatic N) is 1. The van der Waals surface area contributed by atoms with Gasteiger partial charge in [0.15, 0.2) is 5.16 Å². The van der Waals surface area contributed by atoms with Gasteiger partial charge in [0.25, 0.3) is 0 Å². The van der Waals surface area contributed by atoms with Crippen molar-refractivity contribution in [2.75, 3.05) is 7.05 Å². The zero-order valence-corrected chi connectivity index (χ0v) is 7.98. The van der Waals surface area contributed by atoms with Crippen molar-refractivity contribution in [3.8, 4) is 0 Å². The molecule has 9 heteroatoms. The third-order valence-corrected chi connectivity index (χ3v) is 1.49. The quantitative estimate of drug-likeness (QED) is 0.278. The van der Waals surface area contributed by atoms with E-state index in [-0.39, 0.29) is 0 Å². The van der Waals surface area contributed by atoms with Gasteiger partial charge >= 0.3 is 7.25 Å². The topological polar surface area (TPSA) is 45.9 Å². The largest absolute Gasteiger partial charge is 0.673 e. The molecular weight excluding hydrogens is 224 g/mol. The molecule has 0 radical (unpaired) electrons. The SMILES string of the molecule is CN1[NH2+]C=C(N)C=C1Cl.F[B-](F)(F)F. The fourth-order valence-corrected chi connectivity index (χ4v) is 0.739. The number of allylic oxidation sites excluding steroid dienone is 1. The smallest absolute Gasteiger partial charge is 0.418 e. The predicted molar refractivity (Wildman–Crippen MR) is 46.1 cm³/mol. The molecule has 1 heterocycles. The van der Waals surface area contributed by atoms with Crippen molar-refractivity contribution in [2.24, 2.45) is 5.73 Å². The van der Waals surface area contributed by atoms with Crippen molar-refractivity contribution in [2.45, 2.75) is 0 Å². The highest BCUT2D eigenvalue weighted by atomic mass is 35.5. The van der Waals surface area contributed by atoms with Gasteiger partial charge in [-0.05, 0) is 0 Å². The van der Waals surface area contributed by atoms with E-state index >= 15 is 0 Å². The van der Waals surface area contributed by atoms with Gasteiger partial charge in [-0.2, -0.15) is 0 Å². The Kier molecular flexibility index (Phi) is 4.79. The van der Waals surface area contributed by atoms with Crippen molar-refractivity contribution in [3.05, 3.63) is 23.1 Å². The molecule has 0 spiro atoms. The lowest BCUT2D eigenvalue weighted by Gasteiger charge is -2.15. The van der Waals surface area contributed by atoms with Crippen molar-refractivity contribution < 1.29 is 22.7 Å². The van der Waals surface area contributed by atoms with Crippen LogP contribution >= 0.6 is 11.6 Å². The van der Waals surface area contributed by atoms with E-state index in [2.05, 4.69) is 0 Å². The summed E-state index contributed by atoms with van der Waals surface area (Å²) in [6.07, 6.45) is 3.51. The molecule has 4 N–H and O–H groups in total. The monoisotopic (exact) mass is 233 g/mol. The molecule has 0 atom stereocenters. The summed E-state index contributed by atoms with van der Waals surface area (Å²) in [5, 5.41) is 2.44. The van der Waals surface area contributed by atoms with Crippen molar-refractivity contribution in [1.29, 1.82) is 0 Å². The average molecular weight is 233 g/mol. The number of quaternary nitrogens is 1. The Morgan fingerprint density at radius 3 is 2.14 bits per heavy atom. The normalized spacial score (nSPS) is 16.6. The van der Waals surface area contributed by atoms with Gasteiger partial charge in [0.1, 0.15) is 6.20 Å². The Morgan fingerprint density at radius 1 is 1.43 bits per heavy atom.